The van der Waals surface area contributed by atoms with Crippen molar-refractivity contribution >= 4 is 23.1 Å². The van der Waals surface area contributed by atoms with Gasteiger partial charge < -0.3 is 0 Å². The van der Waals surface area contributed by atoms with E-state index in [0.29, 0.717) is 0 Å². The monoisotopic (exact) mass is 208 g/mol. The van der Waals surface area contributed by atoms with Gasteiger partial charge in [-0.05, 0) is 11.1 Å². The third-order valence-corrected chi connectivity index (χ3v) is 2.07. The van der Waals surface area contributed by atoms with Crippen LogP contribution in [0.5, 0.6) is 0 Å². The topological polar surface area (TPSA) is 0 Å². The molecule has 0 fully saturated rings. The van der Waals surface area contributed by atoms with E-state index in [1.54, 1.807) is 0 Å². The van der Waals surface area contributed by atoms with Crippen molar-refractivity contribution in [2.45, 2.75) is 0 Å². The molecule has 0 aliphatic carbocycles. The molecule has 0 nitrogen and oxygen atoms in total. The Hall–Kier alpha value is -1.60. The Morgan fingerprint density at radius 1 is 0.533 bits per heavy atom. The van der Waals surface area contributed by atoms with Gasteiger partial charge in [-0.3, -0.25) is 0 Å². The molecule has 4 radical (unpaired) electrons. The van der Waals surface area contributed by atoms with Gasteiger partial charge in [0.15, 0.2) is 0 Å². The molecule has 15 heavy (non-hydrogen) atoms. The molecule has 0 amide bonds. The second kappa shape index (κ2) is 5.99. The van der Waals surface area contributed by atoms with Crippen molar-refractivity contribution in [3.63, 3.8) is 0 Å². The van der Waals surface area contributed by atoms with E-state index >= 15 is 0 Å². The lowest BCUT2D eigenvalue weighted by Crippen LogP contribution is -1.70. The largest absolute Gasteiger partial charge is 0.0622 e. The van der Waals surface area contributed by atoms with Crippen LogP contribution in [0, 0.1) is 0 Å². The minimum Gasteiger partial charge on any atom is -0.0622 e. The number of benzene rings is 2. The molecule has 0 aliphatic rings. The minimum atomic E-state index is 0. The smallest absolute Gasteiger partial charge is 0 e. The first-order chi connectivity index (χ1) is 6.95. The fourth-order valence-corrected chi connectivity index (χ4v) is 1.32. The molecule has 2 rings (SSSR count). The van der Waals surface area contributed by atoms with Gasteiger partial charge in [-0.2, -0.15) is 0 Å². The van der Waals surface area contributed by atoms with Crippen molar-refractivity contribution in [2.24, 2.45) is 0 Å². The second-order valence-electron chi connectivity index (χ2n) is 3.15. The van der Waals surface area contributed by atoms with Crippen LogP contribution in [-0.4, -0.2) is 11.0 Å². The van der Waals surface area contributed by atoms with Crippen LogP contribution in [0.2, 0.25) is 0 Å². The quantitative estimate of drug-likeness (QED) is 0.523. The highest BCUT2D eigenvalue weighted by atomic mass is 28.1. The fourth-order valence-electron chi connectivity index (χ4n) is 1.32. The van der Waals surface area contributed by atoms with E-state index in [1.165, 1.54) is 11.1 Å². The van der Waals surface area contributed by atoms with Gasteiger partial charge in [-0.25, -0.2) is 0 Å². The van der Waals surface area contributed by atoms with Crippen molar-refractivity contribution in [1.82, 2.24) is 0 Å². The van der Waals surface area contributed by atoms with E-state index in [9.17, 15) is 0 Å². The fraction of sp³-hybridized carbons (Fsp3) is 0. The van der Waals surface area contributed by atoms with Gasteiger partial charge in [-0.1, -0.05) is 72.8 Å². The third-order valence-electron chi connectivity index (χ3n) is 2.07. The predicted molar refractivity (Wildman–Crippen MR) is 67.6 cm³/mol. The molecule has 0 atom stereocenters. The van der Waals surface area contributed by atoms with E-state index in [0.717, 1.165) is 0 Å². The molecule has 2 aromatic rings. The normalized spacial score (nSPS) is 9.87. The molecule has 0 bridgehead atoms. The molecule has 0 unspecified atom stereocenters. The maximum atomic E-state index is 2.12. The number of hydrogen-bond donors (Lipinski definition) is 0. The van der Waals surface area contributed by atoms with Crippen LogP contribution in [0.4, 0.5) is 0 Å². The van der Waals surface area contributed by atoms with Crippen LogP contribution < -0.4 is 0 Å². The summed E-state index contributed by atoms with van der Waals surface area (Å²) in [6, 6.07) is 20.6. The summed E-state index contributed by atoms with van der Waals surface area (Å²) in [5, 5.41) is 0. The Morgan fingerprint density at radius 2 is 0.867 bits per heavy atom. The van der Waals surface area contributed by atoms with Gasteiger partial charge in [-0.15, -0.1) is 0 Å². The summed E-state index contributed by atoms with van der Waals surface area (Å²) in [6.07, 6.45) is 4.24. The van der Waals surface area contributed by atoms with Crippen LogP contribution >= 0.6 is 0 Å². The van der Waals surface area contributed by atoms with Gasteiger partial charge in [0.05, 0.1) is 0 Å². The zero-order chi connectivity index (χ0) is 9.64. The summed E-state index contributed by atoms with van der Waals surface area (Å²) in [5.74, 6) is 0. The third kappa shape index (κ3) is 3.56. The summed E-state index contributed by atoms with van der Waals surface area (Å²) < 4.78 is 0. The second-order valence-corrected chi connectivity index (χ2v) is 3.15. The van der Waals surface area contributed by atoms with Crippen LogP contribution in [0.25, 0.3) is 12.2 Å². The van der Waals surface area contributed by atoms with Crippen molar-refractivity contribution in [3.05, 3.63) is 71.8 Å². The Kier molecular flexibility index (Phi) is 4.58. The first-order valence-corrected chi connectivity index (χ1v) is 4.73. The average molecular weight is 208 g/mol. The van der Waals surface area contributed by atoms with Crippen molar-refractivity contribution < 1.29 is 0 Å². The Bertz CT molecular complexity index is 362. The van der Waals surface area contributed by atoms with Crippen LogP contribution in [0.15, 0.2) is 60.7 Å². The lowest BCUT2D eigenvalue weighted by molar-refractivity contribution is 1.65. The van der Waals surface area contributed by atoms with Crippen LogP contribution in [0.1, 0.15) is 11.1 Å². The Balaban J connectivity index is 0.00000112. The van der Waals surface area contributed by atoms with Gasteiger partial charge in [0.25, 0.3) is 0 Å². The lowest BCUT2D eigenvalue weighted by Gasteiger charge is -1.92. The predicted octanol–water partition coefficient (Wildman–Crippen LogP) is 3.48. The molecule has 2 aromatic carbocycles. The molecule has 0 spiro atoms. The number of hydrogen-bond acceptors (Lipinski definition) is 0. The van der Waals surface area contributed by atoms with E-state index in [4.69, 9.17) is 0 Å². The van der Waals surface area contributed by atoms with Crippen LogP contribution in [-0.2, 0) is 0 Å². The zero-order valence-electron chi connectivity index (χ0n) is 8.43. The first-order valence-electron chi connectivity index (χ1n) is 4.73. The summed E-state index contributed by atoms with van der Waals surface area (Å²) in [4.78, 5) is 0. The maximum Gasteiger partial charge on any atom is 0 e. The molecule has 0 aromatic heterocycles. The standard InChI is InChI=1S/C14H12.Si/c1-3-7-13(8-4-1)11-12-14-9-5-2-6-10-14;/h1-12H;. The van der Waals surface area contributed by atoms with Gasteiger partial charge in [0.1, 0.15) is 0 Å². The lowest BCUT2D eigenvalue weighted by atomic mass is 10.1. The Labute approximate surface area is 95.3 Å². The summed E-state index contributed by atoms with van der Waals surface area (Å²) in [7, 11) is 0. The SMILES string of the molecule is C(=Cc1ccccc1)c1ccccc1.[Si]. The van der Waals surface area contributed by atoms with E-state index in [-0.39, 0.29) is 11.0 Å². The average Bonchev–Trinajstić information content (AvgIpc) is 2.29. The zero-order valence-corrected chi connectivity index (χ0v) is 9.43. The summed E-state index contributed by atoms with van der Waals surface area (Å²) in [5.41, 5.74) is 2.47. The van der Waals surface area contributed by atoms with Crippen molar-refractivity contribution in [2.75, 3.05) is 0 Å². The van der Waals surface area contributed by atoms with Gasteiger partial charge in [0, 0.05) is 11.0 Å². The molecule has 1 heteroatoms. The molecular weight excluding hydrogens is 196 g/mol. The van der Waals surface area contributed by atoms with E-state index < -0.39 is 0 Å². The number of rotatable bonds is 2. The summed E-state index contributed by atoms with van der Waals surface area (Å²) in [6.45, 7) is 0. The first kappa shape index (κ1) is 11.5. The van der Waals surface area contributed by atoms with Crippen molar-refractivity contribution in [3.8, 4) is 0 Å². The maximum absolute atomic E-state index is 2.12. The van der Waals surface area contributed by atoms with E-state index in [2.05, 4.69) is 36.4 Å². The molecule has 72 valence electrons. The Morgan fingerprint density at radius 3 is 1.20 bits per heavy atom. The van der Waals surface area contributed by atoms with Crippen molar-refractivity contribution in [1.29, 1.82) is 0 Å². The van der Waals surface area contributed by atoms with Gasteiger partial charge >= 0.3 is 0 Å². The molecular formula is C14H12Si. The molecule has 0 saturated carbocycles. The van der Waals surface area contributed by atoms with Gasteiger partial charge in [0.2, 0.25) is 0 Å². The molecule has 0 heterocycles. The molecule has 0 saturated heterocycles. The minimum absolute atomic E-state index is 0. The molecule has 0 N–H and O–H groups in total. The highest BCUT2D eigenvalue weighted by Gasteiger charge is 1.84. The summed E-state index contributed by atoms with van der Waals surface area (Å²) >= 11 is 0. The van der Waals surface area contributed by atoms with Crippen LogP contribution in [0.3, 0.4) is 0 Å². The highest BCUT2D eigenvalue weighted by Crippen LogP contribution is 2.06. The van der Waals surface area contributed by atoms with E-state index in [1.807, 2.05) is 36.4 Å². The highest BCUT2D eigenvalue weighted by molar-refractivity contribution is 5.75. The molecule has 0 aliphatic heterocycles.